The van der Waals surface area contributed by atoms with Crippen molar-refractivity contribution >= 4 is 5.65 Å². The minimum absolute atomic E-state index is 0.660. The first-order chi connectivity index (χ1) is 9.40. The molecule has 4 heteroatoms. The van der Waals surface area contributed by atoms with Crippen LogP contribution in [-0.2, 0) is 6.54 Å². The highest BCUT2D eigenvalue weighted by Gasteiger charge is 2.36. The summed E-state index contributed by atoms with van der Waals surface area (Å²) in [6.45, 7) is 3.46. The summed E-state index contributed by atoms with van der Waals surface area (Å²) in [6.07, 6.45) is 8.21. The molecule has 4 rings (SSSR count). The molecule has 2 atom stereocenters. The Kier molecular flexibility index (Phi) is 2.78. The van der Waals surface area contributed by atoms with Crippen LogP contribution in [-0.4, -0.2) is 39.5 Å². The third-order valence-electron chi connectivity index (χ3n) is 4.57. The van der Waals surface area contributed by atoms with Crippen molar-refractivity contribution in [3.63, 3.8) is 0 Å². The Hall–Kier alpha value is -1.39. The molecule has 2 aromatic rings. The van der Waals surface area contributed by atoms with Gasteiger partial charge in [-0.25, -0.2) is 4.98 Å². The lowest BCUT2D eigenvalue weighted by Gasteiger charge is -2.20. The van der Waals surface area contributed by atoms with Crippen molar-refractivity contribution in [2.24, 2.45) is 0 Å². The first kappa shape index (κ1) is 11.4. The highest BCUT2D eigenvalue weighted by atomic mass is 15.2. The molecule has 0 spiro atoms. The summed E-state index contributed by atoms with van der Waals surface area (Å²) < 4.78 is 2.09. The summed E-state index contributed by atoms with van der Waals surface area (Å²) in [5.74, 6) is 0. The molecule has 19 heavy (non-hydrogen) atoms. The van der Waals surface area contributed by atoms with Crippen molar-refractivity contribution in [1.82, 2.24) is 19.6 Å². The standard InChI is InChI=1S/C15H20N4/c1-2-7-19-11-12(17-15(19)5-1)10-16-13-6-9-18-8-3-4-14(13)18/h1-2,5,7,11,13-14,16H,3-4,6,8-10H2. The minimum atomic E-state index is 0.660. The quantitative estimate of drug-likeness (QED) is 0.906. The van der Waals surface area contributed by atoms with Gasteiger partial charge in [-0.1, -0.05) is 6.07 Å². The Bertz CT molecular complexity index is 543. The van der Waals surface area contributed by atoms with Gasteiger partial charge in [0.25, 0.3) is 0 Å². The van der Waals surface area contributed by atoms with Gasteiger partial charge in [-0.2, -0.15) is 0 Å². The van der Waals surface area contributed by atoms with E-state index in [-0.39, 0.29) is 0 Å². The Morgan fingerprint density at radius 1 is 1.26 bits per heavy atom. The van der Waals surface area contributed by atoms with E-state index >= 15 is 0 Å². The fourth-order valence-electron chi connectivity index (χ4n) is 3.63. The lowest BCUT2D eigenvalue weighted by atomic mass is 10.1. The summed E-state index contributed by atoms with van der Waals surface area (Å²) in [5.41, 5.74) is 2.18. The fraction of sp³-hybridized carbons (Fsp3) is 0.533. The van der Waals surface area contributed by atoms with E-state index in [4.69, 9.17) is 0 Å². The Balaban J connectivity index is 1.44. The SMILES string of the molecule is c1ccn2cc(CNC3CCN4CCCC34)nc2c1. The smallest absolute Gasteiger partial charge is 0.137 e. The predicted molar refractivity (Wildman–Crippen MR) is 75.0 cm³/mol. The van der Waals surface area contributed by atoms with Crippen LogP contribution in [0.5, 0.6) is 0 Å². The average molecular weight is 256 g/mol. The molecule has 0 aliphatic carbocycles. The fourth-order valence-corrected chi connectivity index (χ4v) is 3.63. The highest BCUT2D eigenvalue weighted by Crippen LogP contribution is 2.27. The molecule has 2 aliphatic heterocycles. The molecule has 1 N–H and O–H groups in total. The van der Waals surface area contributed by atoms with Crippen molar-refractivity contribution in [2.75, 3.05) is 13.1 Å². The molecular formula is C15H20N4. The van der Waals surface area contributed by atoms with Crippen molar-refractivity contribution in [3.8, 4) is 0 Å². The molecule has 0 aromatic carbocycles. The second-order valence-corrected chi connectivity index (χ2v) is 5.72. The zero-order valence-corrected chi connectivity index (χ0v) is 11.1. The molecule has 2 fully saturated rings. The van der Waals surface area contributed by atoms with Crippen LogP contribution in [0.2, 0.25) is 0 Å². The molecular weight excluding hydrogens is 236 g/mol. The number of nitrogens with zero attached hydrogens (tertiary/aromatic N) is 3. The van der Waals surface area contributed by atoms with Crippen LogP contribution in [0.25, 0.3) is 5.65 Å². The number of aromatic nitrogens is 2. The van der Waals surface area contributed by atoms with Gasteiger partial charge in [0.05, 0.1) is 5.69 Å². The summed E-state index contributed by atoms with van der Waals surface area (Å²) in [5, 5.41) is 3.71. The van der Waals surface area contributed by atoms with E-state index in [0.717, 1.165) is 23.9 Å². The van der Waals surface area contributed by atoms with Gasteiger partial charge in [-0.05, 0) is 37.9 Å². The van der Waals surface area contributed by atoms with E-state index in [1.807, 2.05) is 12.1 Å². The van der Waals surface area contributed by atoms with Gasteiger partial charge in [0, 0.05) is 37.6 Å². The summed E-state index contributed by atoms with van der Waals surface area (Å²) in [6, 6.07) is 7.56. The maximum Gasteiger partial charge on any atom is 0.137 e. The van der Waals surface area contributed by atoms with Gasteiger partial charge >= 0.3 is 0 Å². The highest BCUT2D eigenvalue weighted by molar-refractivity contribution is 5.39. The van der Waals surface area contributed by atoms with E-state index in [2.05, 4.69) is 38.1 Å². The molecule has 2 saturated heterocycles. The van der Waals surface area contributed by atoms with E-state index in [9.17, 15) is 0 Å². The second-order valence-electron chi connectivity index (χ2n) is 5.72. The molecule has 0 saturated carbocycles. The van der Waals surface area contributed by atoms with E-state index in [1.54, 1.807) is 0 Å². The molecule has 4 nitrogen and oxygen atoms in total. The van der Waals surface area contributed by atoms with Crippen LogP contribution >= 0.6 is 0 Å². The topological polar surface area (TPSA) is 32.6 Å². The second kappa shape index (κ2) is 4.62. The molecule has 4 heterocycles. The number of pyridine rings is 1. The normalized spacial score (nSPS) is 27.2. The Morgan fingerprint density at radius 3 is 3.21 bits per heavy atom. The summed E-state index contributed by atoms with van der Waals surface area (Å²) >= 11 is 0. The van der Waals surface area contributed by atoms with Gasteiger partial charge < -0.3 is 9.72 Å². The molecule has 0 radical (unpaired) electrons. The summed E-state index contributed by atoms with van der Waals surface area (Å²) in [7, 11) is 0. The minimum Gasteiger partial charge on any atom is -0.307 e. The van der Waals surface area contributed by atoms with Gasteiger partial charge in [-0.15, -0.1) is 0 Å². The third-order valence-corrected chi connectivity index (χ3v) is 4.57. The van der Waals surface area contributed by atoms with E-state index < -0.39 is 0 Å². The van der Waals surface area contributed by atoms with Crippen LogP contribution in [0.4, 0.5) is 0 Å². The third kappa shape index (κ3) is 2.05. The van der Waals surface area contributed by atoms with Crippen LogP contribution in [0.3, 0.4) is 0 Å². The summed E-state index contributed by atoms with van der Waals surface area (Å²) in [4.78, 5) is 7.29. The molecule has 2 aliphatic rings. The van der Waals surface area contributed by atoms with E-state index in [1.165, 1.54) is 32.4 Å². The molecule has 2 aromatic heterocycles. The lowest BCUT2D eigenvalue weighted by molar-refractivity contribution is 0.298. The van der Waals surface area contributed by atoms with Crippen molar-refractivity contribution < 1.29 is 0 Å². The van der Waals surface area contributed by atoms with Crippen molar-refractivity contribution in [2.45, 2.75) is 37.9 Å². The van der Waals surface area contributed by atoms with Crippen LogP contribution in [0.15, 0.2) is 30.6 Å². The molecule has 2 unspecified atom stereocenters. The zero-order chi connectivity index (χ0) is 12.7. The Labute approximate surface area is 113 Å². The maximum atomic E-state index is 4.65. The predicted octanol–water partition coefficient (Wildman–Crippen LogP) is 1.66. The van der Waals surface area contributed by atoms with Crippen molar-refractivity contribution in [1.29, 1.82) is 0 Å². The lowest BCUT2D eigenvalue weighted by Crippen LogP contribution is -2.38. The van der Waals surface area contributed by atoms with Gasteiger partial charge in [-0.3, -0.25) is 4.90 Å². The zero-order valence-electron chi connectivity index (χ0n) is 11.1. The first-order valence-electron chi connectivity index (χ1n) is 7.30. The van der Waals surface area contributed by atoms with Crippen LogP contribution in [0, 0.1) is 0 Å². The maximum absolute atomic E-state index is 4.65. The number of rotatable bonds is 3. The first-order valence-corrected chi connectivity index (χ1v) is 7.30. The van der Waals surface area contributed by atoms with E-state index in [0.29, 0.717) is 6.04 Å². The number of hydrogen-bond acceptors (Lipinski definition) is 3. The van der Waals surface area contributed by atoms with Crippen LogP contribution < -0.4 is 5.32 Å². The molecule has 0 amide bonds. The van der Waals surface area contributed by atoms with Crippen molar-refractivity contribution in [3.05, 3.63) is 36.3 Å². The Morgan fingerprint density at radius 2 is 2.26 bits per heavy atom. The molecule has 100 valence electrons. The largest absolute Gasteiger partial charge is 0.307 e. The van der Waals surface area contributed by atoms with Gasteiger partial charge in [0.2, 0.25) is 0 Å². The molecule has 0 bridgehead atoms. The van der Waals surface area contributed by atoms with Crippen LogP contribution in [0.1, 0.15) is 25.0 Å². The number of hydrogen-bond donors (Lipinski definition) is 1. The average Bonchev–Trinajstić information content (AvgIpc) is 3.11. The number of fused-ring (bicyclic) bond motifs is 2. The van der Waals surface area contributed by atoms with Gasteiger partial charge in [0.1, 0.15) is 5.65 Å². The number of imidazole rings is 1. The number of nitrogens with one attached hydrogen (secondary N) is 1. The monoisotopic (exact) mass is 256 g/mol. The van der Waals surface area contributed by atoms with Gasteiger partial charge in [0.15, 0.2) is 0 Å².